The van der Waals surface area contributed by atoms with Crippen LogP contribution < -0.4 is 0 Å². The fourth-order valence-electron chi connectivity index (χ4n) is 1.48. The van der Waals surface area contributed by atoms with Gasteiger partial charge in [0, 0.05) is 0 Å². The van der Waals surface area contributed by atoms with Crippen molar-refractivity contribution in [3.63, 3.8) is 0 Å². The van der Waals surface area contributed by atoms with Crippen LogP contribution >= 0.6 is 19.7 Å². The van der Waals surface area contributed by atoms with Gasteiger partial charge in [-0.15, -0.1) is 0 Å². The third kappa shape index (κ3) is 7.25. The molecule has 0 bridgehead atoms. The Morgan fingerprint density at radius 3 is 1.75 bits per heavy atom. The van der Waals surface area contributed by atoms with Crippen molar-refractivity contribution in [1.29, 1.82) is 0 Å². The Hall–Kier alpha value is 0.877. The first kappa shape index (κ1) is 16.9. The Morgan fingerprint density at radius 1 is 1.06 bits per heavy atom. The molecule has 0 aliphatic carbocycles. The molecular formula is C10H26O3PSSi+. The lowest BCUT2D eigenvalue weighted by molar-refractivity contribution is 0.322. The summed E-state index contributed by atoms with van der Waals surface area (Å²) in [7, 11) is -4.80. The van der Waals surface area contributed by atoms with Crippen molar-refractivity contribution in [2.45, 2.75) is 51.1 Å². The molecule has 0 amide bonds. The molecule has 0 aromatic rings. The number of rotatable bonds is 7. The van der Waals surface area contributed by atoms with E-state index in [9.17, 15) is 14.7 Å². The van der Waals surface area contributed by atoms with E-state index in [4.69, 9.17) is 0 Å². The van der Waals surface area contributed by atoms with Gasteiger partial charge in [-0.05, 0) is 18.2 Å². The van der Waals surface area contributed by atoms with Gasteiger partial charge in [-0.2, -0.15) is 26.4 Å². The smallest absolute Gasteiger partial charge is 0.193 e. The summed E-state index contributed by atoms with van der Waals surface area (Å²) in [6, 6.07) is 0. The van der Waals surface area contributed by atoms with Crippen LogP contribution in [0.2, 0.25) is 19.6 Å². The van der Waals surface area contributed by atoms with Crippen LogP contribution in [0, 0.1) is 0 Å². The second kappa shape index (κ2) is 6.16. The minimum atomic E-state index is -3.66. The number of thioether (sulfide) groups is 1. The fraction of sp³-hybridized carbons (Fsp3) is 1.00. The summed E-state index contributed by atoms with van der Waals surface area (Å²) in [6.07, 6.45) is 1.85. The molecule has 0 aromatic heterocycles. The highest BCUT2D eigenvalue weighted by Gasteiger charge is 2.43. The summed E-state index contributed by atoms with van der Waals surface area (Å²) >= 11 is 1.81. The van der Waals surface area contributed by atoms with Crippen molar-refractivity contribution < 1.29 is 14.7 Å². The normalized spacial score (nSPS) is 14.2. The topological polar surface area (TPSA) is 60.7 Å². The molecule has 0 fully saturated rings. The summed E-state index contributed by atoms with van der Waals surface area (Å²) in [5.41, 5.74) is 0. The molecule has 0 heterocycles. The van der Waals surface area contributed by atoms with E-state index >= 15 is 0 Å². The van der Waals surface area contributed by atoms with E-state index in [1.54, 1.807) is 0 Å². The van der Waals surface area contributed by atoms with Crippen molar-refractivity contribution in [3.05, 3.63) is 0 Å². The van der Waals surface area contributed by atoms with Crippen LogP contribution in [0.1, 0.15) is 26.7 Å². The minimum Gasteiger partial charge on any atom is -0.193 e. The van der Waals surface area contributed by atoms with Gasteiger partial charge in [0.1, 0.15) is 0 Å². The van der Waals surface area contributed by atoms with Crippen molar-refractivity contribution >= 4 is 27.8 Å². The molecule has 16 heavy (non-hydrogen) atoms. The van der Waals surface area contributed by atoms with Crippen molar-refractivity contribution in [3.8, 4) is 0 Å². The monoisotopic (exact) mass is 285 g/mol. The Balaban J connectivity index is 4.57. The van der Waals surface area contributed by atoms with Gasteiger partial charge in [-0.25, -0.2) is 0 Å². The Kier molecular flexibility index (Phi) is 6.50. The average molecular weight is 285 g/mol. The Bertz CT molecular complexity index is 209. The van der Waals surface area contributed by atoms with E-state index in [0.29, 0.717) is 0 Å². The lowest BCUT2D eigenvalue weighted by Crippen LogP contribution is -2.34. The molecule has 0 atom stereocenters. The van der Waals surface area contributed by atoms with Crippen LogP contribution in [-0.4, -0.2) is 39.0 Å². The van der Waals surface area contributed by atoms with Crippen LogP contribution in [0.15, 0.2) is 0 Å². The minimum absolute atomic E-state index is 0.127. The van der Waals surface area contributed by atoms with Crippen molar-refractivity contribution in [1.82, 2.24) is 0 Å². The zero-order chi connectivity index (χ0) is 13.0. The van der Waals surface area contributed by atoms with Crippen LogP contribution in [-0.2, 0) is 0 Å². The molecule has 0 radical (unpaired) electrons. The standard InChI is InChI=1S/C10H26O3PSSi/c1-6-10(7-2,8-14(11,12)13)15-9-16(3,4)5/h11-13H,6-9H2,1-5H3/q+1. The SMILES string of the molecule is CCC(CC)(C[P+](O)(O)O)SC[Si](C)(C)C. The third-order valence-electron chi connectivity index (χ3n) is 2.60. The first-order valence-electron chi connectivity index (χ1n) is 5.74. The third-order valence-corrected chi connectivity index (χ3v) is 9.22. The molecule has 0 aliphatic rings. The fourth-order valence-corrected chi connectivity index (χ4v) is 6.95. The molecule has 0 unspecified atom stereocenters. The quantitative estimate of drug-likeness (QED) is 0.497. The molecule has 3 N–H and O–H groups in total. The van der Waals surface area contributed by atoms with E-state index in [2.05, 4.69) is 33.5 Å². The first-order chi connectivity index (χ1) is 7.04. The van der Waals surface area contributed by atoms with Gasteiger partial charge in [0.2, 0.25) is 0 Å². The molecule has 0 saturated carbocycles. The van der Waals surface area contributed by atoms with Crippen LogP contribution in [0.4, 0.5) is 0 Å². The van der Waals surface area contributed by atoms with Gasteiger partial charge in [0.05, 0.1) is 12.8 Å². The molecular weight excluding hydrogens is 259 g/mol. The van der Waals surface area contributed by atoms with Crippen molar-refractivity contribution in [2.75, 3.05) is 11.5 Å². The molecule has 0 aliphatic heterocycles. The summed E-state index contributed by atoms with van der Waals surface area (Å²) < 4.78 is -0.174. The molecule has 0 spiro atoms. The highest BCUT2D eigenvalue weighted by Crippen LogP contribution is 2.52. The Morgan fingerprint density at radius 2 is 1.50 bits per heavy atom. The maximum absolute atomic E-state index is 9.27. The van der Waals surface area contributed by atoms with E-state index in [0.717, 1.165) is 18.2 Å². The van der Waals surface area contributed by atoms with Gasteiger partial charge < -0.3 is 0 Å². The van der Waals surface area contributed by atoms with Crippen LogP contribution in [0.5, 0.6) is 0 Å². The van der Waals surface area contributed by atoms with Gasteiger partial charge >= 0.3 is 7.94 Å². The number of hydrogen-bond donors (Lipinski definition) is 3. The molecule has 3 nitrogen and oxygen atoms in total. The van der Waals surface area contributed by atoms with Crippen LogP contribution in [0.25, 0.3) is 0 Å². The second-order valence-corrected chi connectivity index (χ2v) is 14.7. The second-order valence-electron chi connectivity index (χ2n) is 5.59. The van der Waals surface area contributed by atoms with Crippen molar-refractivity contribution in [2.24, 2.45) is 0 Å². The van der Waals surface area contributed by atoms with Gasteiger partial charge in [0.15, 0.2) is 6.16 Å². The summed E-state index contributed by atoms with van der Waals surface area (Å²) in [4.78, 5) is 27.8. The molecule has 0 rings (SSSR count). The van der Waals surface area contributed by atoms with E-state index < -0.39 is 16.0 Å². The largest absolute Gasteiger partial charge is 0.405 e. The lowest BCUT2D eigenvalue weighted by atomic mass is 10.1. The van der Waals surface area contributed by atoms with Gasteiger partial charge in [0.25, 0.3) is 0 Å². The predicted molar refractivity (Wildman–Crippen MR) is 77.6 cm³/mol. The molecule has 0 aromatic carbocycles. The van der Waals surface area contributed by atoms with Gasteiger partial charge in [-0.3, -0.25) is 0 Å². The maximum Gasteiger partial charge on any atom is 0.405 e. The summed E-state index contributed by atoms with van der Waals surface area (Å²) in [5, 5.41) is 1.09. The summed E-state index contributed by atoms with van der Waals surface area (Å²) in [6.45, 7) is 11.0. The maximum atomic E-state index is 9.27. The molecule has 6 heteroatoms. The summed E-state index contributed by atoms with van der Waals surface area (Å²) in [5.74, 6) is 0. The van der Waals surface area contributed by atoms with E-state index in [1.807, 2.05) is 11.8 Å². The Labute approximate surface area is 105 Å². The predicted octanol–water partition coefficient (Wildman–Crippen LogP) is 2.90. The average Bonchev–Trinajstić information content (AvgIpc) is 2.09. The zero-order valence-electron chi connectivity index (χ0n) is 11.0. The van der Waals surface area contributed by atoms with Gasteiger partial charge in [-0.1, -0.05) is 33.5 Å². The first-order valence-corrected chi connectivity index (χ1v) is 12.3. The number of hydrogen-bond acceptors (Lipinski definition) is 4. The highest BCUT2D eigenvalue weighted by molar-refractivity contribution is 8.02. The molecule has 98 valence electrons. The molecule has 0 saturated heterocycles. The van der Waals surface area contributed by atoms with E-state index in [1.165, 1.54) is 0 Å². The van der Waals surface area contributed by atoms with Crippen LogP contribution in [0.3, 0.4) is 0 Å². The van der Waals surface area contributed by atoms with E-state index in [-0.39, 0.29) is 10.9 Å². The lowest BCUT2D eigenvalue weighted by Gasteiger charge is -2.32. The zero-order valence-corrected chi connectivity index (χ0v) is 13.7. The highest BCUT2D eigenvalue weighted by atomic mass is 32.2.